The summed E-state index contributed by atoms with van der Waals surface area (Å²) in [5.74, 6) is 0.198. The van der Waals surface area contributed by atoms with Crippen LogP contribution in [0.5, 0.6) is 0 Å². The summed E-state index contributed by atoms with van der Waals surface area (Å²) in [5.41, 5.74) is 0. The fraction of sp³-hybridized carbons (Fsp3) is 0.692. The average molecular weight is 267 g/mol. The minimum absolute atomic E-state index is 0.198. The van der Waals surface area contributed by atoms with Crippen molar-refractivity contribution < 1.29 is 4.79 Å². The molecule has 0 atom stereocenters. The number of nitrogens with one attached hydrogen (secondary N) is 1. The Labute approximate surface area is 112 Å². The lowest BCUT2D eigenvalue weighted by atomic mass is 10.1. The molecule has 1 saturated heterocycles. The van der Waals surface area contributed by atoms with Crippen LogP contribution in [0.4, 0.5) is 0 Å². The lowest BCUT2D eigenvalue weighted by Gasteiger charge is -2.31. The highest BCUT2D eigenvalue weighted by Crippen LogP contribution is 2.15. The summed E-state index contributed by atoms with van der Waals surface area (Å²) in [6.45, 7) is 6.46. The highest BCUT2D eigenvalue weighted by atomic mass is 32.1. The van der Waals surface area contributed by atoms with E-state index in [1.54, 1.807) is 18.3 Å². The van der Waals surface area contributed by atoms with Gasteiger partial charge in [0.1, 0.15) is 0 Å². The van der Waals surface area contributed by atoms with Gasteiger partial charge in [-0.3, -0.25) is 4.79 Å². The molecule has 1 amide bonds. The third-order valence-corrected chi connectivity index (χ3v) is 4.55. The minimum atomic E-state index is 0.198. The van der Waals surface area contributed by atoms with Gasteiger partial charge in [-0.25, -0.2) is 4.98 Å². The van der Waals surface area contributed by atoms with Crippen molar-refractivity contribution in [3.63, 3.8) is 0 Å². The van der Waals surface area contributed by atoms with Gasteiger partial charge in [-0.1, -0.05) is 6.92 Å². The number of aromatic nitrogens is 1. The summed E-state index contributed by atoms with van der Waals surface area (Å²) in [4.78, 5) is 18.8. The summed E-state index contributed by atoms with van der Waals surface area (Å²) in [5, 5.41) is 4.77. The Morgan fingerprint density at radius 3 is 2.83 bits per heavy atom. The Balaban J connectivity index is 1.73. The molecule has 1 aliphatic heterocycles. The first-order valence-electron chi connectivity index (χ1n) is 6.61. The molecule has 1 N–H and O–H groups in total. The molecule has 0 aliphatic carbocycles. The van der Waals surface area contributed by atoms with Gasteiger partial charge in [0.25, 0.3) is 0 Å². The lowest BCUT2D eigenvalue weighted by molar-refractivity contribution is -0.129. The van der Waals surface area contributed by atoms with Crippen LogP contribution >= 0.6 is 11.3 Å². The van der Waals surface area contributed by atoms with Crippen LogP contribution in [0.2, 0.25) is 0 Å². The molecule has 100 valence electrons. The third kappa shape index (κ3) is 3.53. The summed E-state index contributed by atoms with van der Waals surface area (Å²) in [7, 11) is 0. The number of likely N-dealkylation sites (tertiary alicyclic amines) is 1. The smallest absolute Gasteiger partial charge is 0.219 e. The van der Waals surface area contributed by atoms with Gasteiger partial charge < -0.3 is 10.2 Å². The Morgan fingerprint density at radius 1 is 1.56 bits per heavy atom. The Morgan fingerprint density at radius 2 is 2.28 bits per heavy atom. The van der Waals surface area contributed by atoms with E-state index in [4.69, 9.17) is 0 Å². The monoisotopic (exact) mass is 267 g/mol. The van der Waals surface area contributed by atoms with Crippen molar-refractivity contribution >= 4 is 17.2 Å². The first-order chi connectivity index (χ1) is 8.69. The van der Waals surface area contributed by atoms with Crippen LogP contribution in [0.15, 0.2) is 6.20 Å². The van der Waals surface area contributed by atoms with Gasteiger partial charge in [-0.15, -0.1) is 11.3 Å². The van der Waals surface area contributed by atoms with Crippen molar-refractivity contribution in [1.82, 2.24) is 15.2 Å². The van der Waals surface area contributed by atoms with Crippen LogP contribution in [-0.2, 0) is 17.8 Å². The Hall–Kier alpha value is -0.940. The van der Waals surface area contributed by atoms with Crippen molar-refractivity contribution in [3.05, 3.63) is 16.1 Å². The van der Waals surface area contributed by atoms with Gasteiger partial charge in [-0.2, -0.15) is 0 Å². The number of nitrogens with zero attached hydrogens (tertiary/aromatic N) is 2. The van der Waals surface area contributed by atoms with E-state index in [2.05, 4.69) is 17.2 Å². The van der Waals surface area contributed by atoms with E-state index in [9.17, 15) is 4.79 Å². The topological polar surface area (TPSA) is 45.2 Å². The van der Waals surface area contributed by atoms with Gasteiger partial charge in [0, 0.05) is 43.7 Å². The van der Waals surface area contributed by atoms with Crippen LogP contribution < -0.4 is 5.32 Å². The molecule has 1 aliphatic rings. The standard InChI is InChI=1S/C13H21N3OS/c1-3-13-15-9-12(18-13)8-14-11-4-6-16(7-5-11)10(2)17/h9,11,14H,3-8H2,1-2H3. The predicted octanol–water partition coefficient (Wildman–Crippen LogP) is 1.81. The maximum atomic E-state index is 11.2. The average Bonchev–Trinajstić information content (AvgIpc) is 2.85. The molecule has 0 unspecified atom stereocenters. The van der Waals surface area contributed by atoms with Crippen LogP contribution in [0.3, 0.4) is 0 Å². The molecule has 0 bridgehead atoms. The molecule has 5 heteroatoms. The van der Waals surface area contributed by atoms with Crippen LogP contribution in [0, 0.1) is 0 Å². The fourth-order valence-corrected chi connectivity index (χ4v) is 3.05. The molecule has 0 aromatic carbocycles. The molecule has 1 aromatic rings. The SMILES string of the molecule is CCc1ncc(CNC2CCN(C(C)=O)CC2)s1. The molecule has 1 aromatic heterocycles. The number of rotatable bonds is 4. The second-order valence-corrected chi connectivity index (χ2v) is 5.93. The van der Waals surface area contributed by atoms with Crippen molar-refractivity contribution in [3.8, 4) is 0 Å². The third-order valence-electron chi connectivity index (χ3n) is 3.41. The van der Waals surface area contributed by atoms with Crippen molar-refractivity contribution in [1.29, 1.82) is 0 Å². The van der Waals surface area contributed by atoms with Crippen molar-refractivity contribution in [2.75, 3.05) is 13.1 Å². The zero-order chi connectivity index (χ0) is 13.0. The molecule has 1 fully saturated rings. The fourth-order valence-electron chi connectivity index (χ4n) is 2.24. The highest BCUT2D eigenvalue weighted by molar-refractivity contribution is 7.11. The van der Waals surface area contributed by atoms with Crippen LogP contribution in [0.1, 0.15) is 36.6 Å². The van der Waals surface area contributed by atoms with E-state index in [-0.39, 0.29) is 5.91 Å². The Kier molecular flexibility index (Phi) is 4.72. The summed E-state index contributed by atoms with van der Waals surface area (Å²) >= 11 is 1.79. The molecular formula is C13H21N3OS. The molecule has 0 radical (unpaired) electrons. The number of thiazole rings is 1. The van der Waals surface area contributed by atoms with E-state index in [1.165, 1.54) is 9.88 Å². The minimum Gasteiger partial charge on any atom is -0.343 e. The van der Waals surface area contributed by atoms with Gasteiger partial charge in [0.05, 0.1) is 5.01 Å². The maximum absolute atomic E-state index is 11.2. The maximum Gasteiger partial charge on any atom is 0.219 e. The van der Waals surface area contributed by atoms with E-state index < -0.39 is 0 Å². The van der Waals surface area contributed by atoms with Gasteiger partial charge in [-0.05, 0) is 19.3 Å². The van der Waals surface area contributed by atoms with Gasteiger partial charge in [0.15, 0.2) is 0 Å². The van der Waals surface area contributed by atoms with Crippen molar-refractivity contribution in [2.45, 2.75) is 45.7 Å². The molecule has 0 spiro atoms. The molecule has 2 rings (SSSR count). The zero-order valence-corrected chi connectivity index (χ0v) is 11.9. The van der Waals surface area contributed by atoms with E-state index in [0.29, 0.717) is 6.04 Å². The summed E-state index contributed by atoms with van der Waals surface area (Å²) in [6, 6.07) is 0.535. The number of aryl methyl sites for hydroxylation is 1. The molecule has 2 heterocycles. The lowest BCUT2D eigenvalue weighted by Crippen LogP contribution is -2.43. The van der Waals surface area contributed by atoms with Gasteiger partial charge >= 0.3 is 0 Å². The molecule has 0 saturated carbocycles. The number of hydrogen-bond donors (Lipinski definition) is 1. The number of carbonyl (C=O) groups is 1. The van der Waals surface area contributed by atoms with Crippen LogP contribution in [-0.4, -0.2) is 34.9 Å². The second kappa shape index (κ2) is 6.29. The molecule has 4 nitrogen and oxygen atoms in total. The van der Waals surface area contributed by atoms with Crippen LogP contribution in [0.25, 0.3) is 0 Å². The highest BCUT2D eigenvalue weighted by Gasteiger charge is 2.20. The second-order valence-electron chi connectivity index (χ2n) is 4.74. The van der Waals surface area contributed by atoms with E-state index >= 15 is 0 Å². The number of amides is 1. The first-order valence-corrected chi connectivity index (χ1v) is 7.43. The summed E-state index contributed by atoms with van der Waals surface area (Å²) in [6.07, 6.45) is 5.10. The van der Waals surface area contributed by atoms with E-state index in [1.807, 2.05) is 11.1 Å². The first kappa shape index (κ1) is 13.5. The summed E-state index contributed by atoms with van der Waals surface area (Å²) < 4.78 is 0. The zero-order valence-electron chi connectivity index (χ0n) is 11.1. The van der Waals surface area contributed by atoms with Gasteiger partial charge in [0.2, 0.25) is 5.91 Å². The van der Waals surface area contributed by atoms with Crippen molar-refractivity contribution in [2.24, 2.45) is 0 Å². The molecule has 18 heavy (non-hydrogen) atoms. The molecular weight excluding hydrogens is 246 g/mol. The number of carbonyl (C=O) groups excluding carboxylic acids is 1. The quantitative estimate of drug-likeness (QED) is 0.905. The van der Waals surface area contributed by atoms with E-state index in [0.717, 1.165) is 38.9 Å². The predicted molar refractivity (Wildman–Crippen MR) is 73.6 cm³/mol. The number of hydrogen-bond acceptors (Lipinski definition) is 4. The Bertz CT molecular complexity index is 397. The number of piperidine rings is 1. The normalized spacial score (nSPS) is 17.1. The largest absolute Gasteiger partial charge is 0.343 e.